The fraction of sp³-hybridized carbons (Fsp3) is 0.692. The molecule has 5 nitrogen and oxygen atoms in total. The Morgan fingerprint density at radius 2 is 2.00 bits per heavy atom. The third-order valence-electron chi connectivity index (χ3n) is 4.16. The molecule has 3 rings (SSSR count). The van der Waals surface area contributed by atoms with Crippen molar-refractivity contribution in [1.82, 2.24) is 14.3 Å². The first-order valence-electron chi connectivity index (χ1n) is 6.94. The highest BCUT2D eigenvalue weighted by Gasteiger charge is 2.34. The van der Waals surface area contributed by atoms with Crippen LogP contribution in [0.5, 0.6) is 0 Å². The smallest absolute Gasteiger partial charge is 0.217 e. The van der Waals surface area contributed by atoms with Crippen molar-refractivity contribution >= 4 is 10.0 Å². The van der Waals surface area contributed by atoms with Crippen molar-refractivity contribution in [3.63, 3.8) is 0 Å². The molecule has 1 fully saturated rings. The zero-order chi connectivity index (χ0) is 13.3. The van der Waals surface area contributed by atoms with Crippen molar-refractivity contribution in [1.29, 1.82) is 0 Å². The zero-order valence-electron chi connectivity index (χ0n) is 11.0. The molecular formula is C13H19N3O2S. The topological polar surface area (TPSA) is 63.2 Å². The van der Waals surface area contributed by atoms with Crippen molar-refractivity contribution in [3.8, 4) is 0 Å². The Bertz CT molecular complexity index is 553. The molecule has 1 aliphatic carbocycles. The van der Waals surface area contributed by atoms with E-state index >= 15 is 0 Å². The highest BCUT2D eigenvalue weighted by molar-refractivity contribution is 7.89. The first-order chi connectivity index (χ1) is 9.18. The number of rotatable bonds is 2. The average Bonchev–Trinajstić information content (AvgIpc) is 2.47. The van der Waals surface area contributed by atoms with E-state index in [-0.39, 0.29) is 5.25 Å². The highest BCUT2D eigenvalue weighted by Crippen LogP contribution is 2.28. The van der Waals surface area contributed by atoms with E-state index in [2.05, 4.69) is 9.97 Å². The minimum absolute atomic E-state index is 0.174. The van der Waals surface area contributed by atoms with Crippen LogP contribution in [-0.2, 0) is 23.0 Å². The van der Waals surface area contributed by atoms with Gasteiger partial charge >= 0.3 is 0 Å². The predicted octanol–water partition coefficient (Wildman–Crippen LogP) is 1.50. The van der Waals surface area contributed by atoms with Crippen molar-refractivity contribution in [2.45, 2.75) is 50.3 Å². The van der Waals surface area contributed by atoms with Gasteiger partial charge in [-0.3, -0.25) is 0 Å². The molecule has 0 N–H and O–H groups in total. The molecule has 6 heteroatoms. The van der Waals surface area contributed by atoms with Crippen LogP contribution in [0.15, 0.2) is 12.5 Å². The molecule has 1 aromatic heterocycles. The lowest BCUT2D eigenvalue weighted by Crippen LogP contribution is -2.42. The minimum Gasteiger partial charge on any atom is -0.244 e. The SMILES string of the molecule is O=S(=O)(C1CCCCC1)N1CCc2ncncc2C1. The van der Waals surface area contributed by atoms with Gasteiger partial charge in [0.1, 0.15) is 6.33 Å². The second-order valence-electron chi connectivity index (χ2n) is 5.38. The van der Waals surface area contributed by atoms with Crippen molar-refractivity contribution in [3.05, 3.63) is 23.8 Å². The van der Waals surface area contributed by atoms with Gasteiger partial charge in [0.2, 0.25) is 10.0 Å². The summed E-state index contributed by atoms with van der Waals surface area (Å²) in [5.41, 5.74) is 1.94. The van der Waals surface area contributed by atoms with Gasteiger partial charge in [-0.05, 0) is 12.8 Å². The maximum atomic E-state index is 12.6. The standard InChI is InChI=1S/C13H19N3O2S/c17-19(18,12-4-2-1-3-5-12)16-7-6-13-11(9-16)8-14-10-15-13/h8,10,12H,1-7,9H2. The van der Waals surface area contributed by atoms with Crippen LogP contribution in [0, 0.1) is 0 Å². The number of hydrogen-bond donors (Lipinski definition) is 0. The number of fused-ring (bicyclic) bond motifs is 1. The van der Waals surface area contributed by atoms with E-state index in [0.29, 0.717) is 19.5 Å². The first-order valence-corrected chi connectivity index (χ1v) is 8.45. The summed E-state index contributed by atoms with van der Waals surface area (Å²) in [6.07, 6.45) is 8.85. The predicted molar refractivity (Wildman–Crippen MR) is 71.9 cm³/mol. The maximum absolute atomic E-state index is 12.6. The Morgan fingerprint density at radius 3 is 2.79 bits per heavy atom. The summed E-state index contributed by atoms with van der Waals surface area (Å²) in [6.45, 7) is 0.998. The molecule has 0 atom stereocenters. The first kappa shape index (κ1) is 13.0. The van der Waals surface area contributed by atoms with Crippen LogP contribution in [0.4, 0.5) is 0 Å². The van der Waals surface area contributed by atoms with Crippen LogP contribution in [0.3, 0.4) is 0 Å². The molecule has 1 aliphatic heterocycles. The minimum atomic E-state index is -3.15. The number of nitrogens with zero attached hydrogens (tertiary/aromatic N) is 3. The molecule has 0 aromatic carbocycles. The molecule has 0 radical (unpaired) electrons. The van der Waals surface area contributed by atoms with Crippen molar-refractivity contribution in [2.24, 2.45) is 0 Å². The van der Waals surface area contributed by atoms with E-state index in [0.717, 1.165) is 36.9 Å². The molecule has 1 aromatic rings. The number of sulfonamides is 1. The second-order valence-corrected chi connectivity index (χ2v) is 7.60. The summed E-state index contributed by atoms with van der Waals surface area (Å²) in [7, 11) is -3.15. The Hall–Kier alpha value is -1.01. The molecule has 1 saturated carbocycles. The monoisotopic (exact) mass is 281 g/mol. The third-order valence-corrected chi connectivity index (χ3v) is 6.50. The van der Waals surface area contributed by atoms with Gasteiger partial charge < -0.3 is 0 Å². The van der Waals surface area contributed by atoms with Crippen LogP contribution in [0.25, 0.3) is 0 Å². The molecule has 0 bridgehead atoms. The van der Waals surface area contributed by atoms with E-state index in [1.807, 2.05) is 0 Å². The van der Waals surface area contributed by atoms with E-state index in [1.54, 1.807) is 10.5 Å². The molecule has 0 amide bonds. The van der Waals surface area contributed by atoms with Crippen molar-refractivity contribution in [2.75, 3.05) is 6.54 Å². The summed E-state index contributed by atoms with van der Waals surface area (Å²) in [6, 6.07) is 0. The molecule has 104 valence electrons. The fourth-order valence-corrected chi connectivity index (χ4v) is 5.05. The summed E-state index contributed by atoms with van der Waals surface area (Å²) < 4.78 is 26.9. The van der Waals surface area contributed by atoms with Gasteiger partial charge in [-0.2, -0.15) is 4.31 Å². The molecule has 2 aliphatic rings. The molecule has 0 unspecified atom stereocenters. The van der Waals surface area contributed by atoms with Gasteiger partial charge in [-0.25, -0.2) is 18.4 Å². The van der Waals surface area contributed by atoms with Crippen LogP contribution < -0.4 is 0 Å². The average molecular weight is 281 g/mol. The number of hydrogen-bond acceptors (Lipinski definition) is 4. The van der Waals surface area contributed by atoms with Gasteiger partial charge in [0, 0.05) is 37.0 Å². The Balaban J connectivity index is 1.80. The normalized spacial score (nSPS) is 22.1. The molecule has 2 heterocycles. The summed E-state index contributed by atoms with van der Waals surface area (Å²) in [5.74, 6) is 0. The largest absolute Gasteiger partial charge is 0.244 e. The van der Waals surface area contributed by atoms with E-state index in [1.165, 1.54) is 12.7 Å². The second kappa shape index (κ2) is 5.17. The van der Waals surface area contributed by atoms with Crippen LogP contribution in [0.2, 0.25) is 0 Å². The van der Waals surface area contributed by atoms with Gasteiger partial charge in [0.25, 0.3) is 0 Å². The lowest BCUT2D eigenvalue weighted by molar-refractivity contribution is 0.367. The van der Waals surface area contributed by atoms with Crippen LogP contribution in [-0.4, -0.2) is 34.5 Å². The molecule has 0 saturated heterocycles. The lowest BCUT2D eigenvalue weighted by Gasteiger charge is -2.32. The Kier molecular flexibility index (Phi) is 3.54. The van der Waals surface area contributed by atoms with Crippen LogP contribution >= 0.6 is 0 Å². The lowest BCUT2D eigenvalue weighted by atomic mass is 10.0. The van der Waals surface area contributed by atoms with Gasteiger partial charge in [-0.1, -0.05) is 19.3 Å². The van der Waals surface area contributed by atoms with Crippen LogP contribution in [0.1, 0.15) is 43.4 Å². The van der Waals surface area contributed by atoms with E-state index < -0.39 is 10.0 Å². The Morgan fingerprint density at radius 1 is 1.21 bits per heavy atom. The van der Waals surface area contributed by atoms with Gasteiger partial charge in [0.05, 0.1) is 5.25 Å². The van der Waals surface area contributed by atoms with Gasteiger partial charge in [-0.15, -0.1) is 0 Å². The third kappa shape index (κ3) is 2.51. The summed E-state index contributed by atoms with van der Waals surface area (Å²) in [5, 5.41) is -0.174. The quantitative estimate of drug-likeness (QED) is 0.824. The summed E-state index contributed by atoms with van der Waals surface area (Å²) in [4.78, 5) is 8.21. The highest BCUT2D eigenvalue weighted by atomic mass is 32.2. The zero-order valence-corrected chi connectivity index (χ0v) is 11.8. The molecular weight excluding hydrogens is 262 g/mol. The number of aromatic nitrogens is 2. The molecule has 0 spiro atoms. The molecule has 19 heavy (non-hydrogen) atoms. The van der Waals surface area contributed by atoms with Gasteiger partial charge in [0.15, 0.2) is 0 Å². The van der Waals surface area contributed by atoms with E-state index in [4.69, 9.17) is 0 Å². The maximum Gasteiger partial charge on any atom is 0.217 e. The van der Waals surface area contributed by atoms with Crippen molar-refractivity contribution < 1.29 is 8.42 Å². The fourth-order valence-electron chi connectivity index (χ4n) is 3.03. The van der Waals surface area contributed by atoms with E-state index in [9.17, 15) is 8.42 Å². The Labute approximate surface area is 114 Å². The summed E-state index contributed by atoms with van der Waals surface area (Å²) >= 11 is 0.